The lowest BCUT2D eigenvalue weighted by Gasteiger charge is -2.18. The summed E-state index contributed by atoms with van der Waals surface area (Å²) >= 11 is 1.37. The number of aromatic nitrogens is 2. The second-order valence-corrected chi connectivity index (χ2v) is 3.51. The summed E-state index contributed by atoms with van der Waals surface area (Å²) in [6, 6.07) is 0. The van der Waals surface area contributed by atoms with Gasteiger partial charge in [-0.2, -0.15) is 0 Å². The van der Waals surface area contributed by atoms with Gasteiger partial charge in [-0.3, -0.25) is 4.90 Å². The molecular formula is C8H15N3OS. The van der Waals surface area contributed by atoms with E-state index < -0.39 is 0 Å². The molecule has 0 amide bonds. The van der Waals surface area contributed by atoms with Gasteiger partial charge < -0.3 is 5.11 Å². The van der Waals surface area contributed by atoms with Crippen LogP contribution in [-0.4, -0.2) is 39.3 Å². The van der Waals surface area contributed by atoms with Crippen LogP contribution >= 0.6 is 11.5 Å². The zero-order valence-corrected chi connectivity index (χ0v) is 8.63. The van der Waals surface area contributed by atoms with Gasteiger partial charge in [0.25, 0.3) is 0 Å². The molecule has 0 aromatic carbocycles. The molecule has 0 bridgehead atoms. The van der Waals surface area contributed by atoms with Crippen molar-refractivity contribution in [2.75, 3.05) is 19.7 Å². The van der Waals surface area contributed by atoms with Crippen molar-refractivity contribution >= 4 is 11.5 Å². The Labute approximate surface area is 82.4 Å². The molecule has 0 unspecified atom stereocenters. The lowest BCUT2D eigenvalue weighted by Crippen LogP contribution is -2.27. The predicted octanol–water partition coefficient (Wildman–Crippen LogP) is 0.742. The molecule has 0 spiro atoms. The minimum atomic E-state index is 0.206. The first-order chi connectivity index (χ1) is 6.36. The molecule has 1 N–H and O–H groups in total. The highest BCUT2D eigenvalue weighted by atomic mass is 32.1. The Kier molecular flexibility index (Phi) is 4.88. The lowest BCUT2D eigenvalue weighted by molar-refractivity contribution is 0.189. The van der Waals surface area contributed by atoms with Gasteiger partial charge in [-0.1, -0.05) is 11.4 Å². The number of nitrogens with zero attached hydrogens (tertiary/aromatic N) is 3. The molecule has 5 heteroatoms. The van der Waals surface area contributed by atoms with Crippen LogP contribution in [0.2, 0.25) is 0 Å². The topological polar surface area (TPSA) is 49.2 Å². The van der Waals surface area contributed by atoms with Gasteiger partial charge in [0.05, 0.1) is 12.3 Å². The third-order valence-corrected chi connectivity index (χ3v) is 2.30. The van der Waals surface area contributed by atoms with Gasteiger partial charge in [0.1, 0.15) is 0 Å². The second kappa shape index (κ2) is 6.01. The summed E-state index contributed by atoms with van der Waals surface area (Å²) in [6.45, 7) is 4.84. The van der Waals surface area contributed by atoms with Gasteiger partial charge in [-0.05, 0) is 24.5 Å². The van der Waals surface area contributed by atoms with Crippen molar-refractivity contribution in [2.45, 2.75) is 19.9 Å². The number of aliphatic hydroxyl groups excluding tert-OH is 1. The molecule has 13 heavy (non-hydrogen) atoms. The van der Waals surface area contributed by atoms with E-state index in [1.807, 2.05) is 5.38 Å². The van der Waals surface area contributed by atoms with Crippen LogP contribution in [0, 0.1) is 0 Å². The van der Waals surface area contributed by atoms with Crippen LogP contribution < -0.4 is 0 Å². The lowest BCUT2D eigenvalue weighted by atomic mass is 10.3. The maximum absolute atomic E-state index is 8.82. The minimum absolute atomic E-state index is 0.206. The summed E-state index contributed by atoms with van der Waals surface area (Å²) in [6.07, 6.45) is 1.09. The average molecular weight is 201 g/mol. The Hall–Kier alpha value is -0.520. The highest BCUT2D eigenvalue weighted by Crippen LogP contribution is 2.03. The maximum atomic E-state index is 8.82. The van der Waals surface area contributed by atoms with Crippen molar-refractivity contribution in [3.63, 3.8) is 0 Å². The third kappa shape index (κ3) is 3.80. The van der Waals surface area contributed by atoms with Crippen LogP contribution in [0.5, 0.6) is 0 Å². The first kappa shape index (κ1) is 10.6. The van der Waals surface area contributed by atoms with E-state index in [-0.39, 0.29) is 6.61 Å². The molecule has 0 radical (unpaired) electrons. The fraction of sp³-hybridized carbons (Fsp3) is 0.750. The normalized spacial score (nSPS) is 11.0. The number of aliphatic hydroxyl groups is 1. The molecule has 1 aromatic heterocycles. The Morgan fingerprint density at radius 1 is 1.54 bits per heavy atom. The maximum Gasteiger partial charge on any atom is 0.0895 e. The van der Waals surface area contributed by atoms with E-state index in [9.17, 15) is 0 Å². The highest BCUT2D eigenvalue weighted by molar-refractivity contribution is 7.03. The van der Waals surface area contributed by atoms with Crippen molar-refractivity contribution < 1.29 is 5.11 Å². The van der Waals surface area contributed by atoms with Gasteiger partial charge >= 0.3 is 0 Å². The molecule has 1 heterocycles. The standard InChI is InChI=1S/C8H15N3OS/c1-2-3-11(4-5-12)6-8-7-13-10-9-8/h7,12H,2-6H2,1H3. The minimum Gasteiger partial charge on any atom is -0.395 e. The summed E-state index contributed by atoms with van der Waals surface area (Å²) in [5.41, 5.74) is 0.993. The first-order valence-electron chi connectivity index (χ1n) is 4.46. The molecule has 74 valence electrons. The molecular weight excluding hydrogens is 186 g/mol. The largest absolute Gasteiger partial charge is 0.395 e. The third-order valence-electron chi connectivity index (χ3n) is 1.75. The summed E-state index contributed by atoms with van der Waals surface area (Å²) in [5.74, 6) is 0. The summed E-state index contributed by atoms with van der Waals surface area (Å²) in [7, 11) is 0. The molecule has 0 aliphatic rings. The zero-order valence-electron chi connectivity index (χ0n) is 7.81. The van der Waals surface area contributed by atoms with Crippen LogP contribution in [-0.2, 0) is 6.54 Å². The Balaban J connectivity index is 2.37. The van der Waals surface area contributed by atoms with Gasteiger partial charge in [0.15, 0.2) is 0 Å². The van der Waals surface area contributed by atoms with Crippen LogP contribution in [0.4, 0.5) is 0 Å². The first-order valence-corrected chi connectivity index (χ1v) is 5.29. The van der Waals surface area contributed by atoms with E-state index in [0.717, 1.165) is 25.2 Å². The van der Waals surface area contributed by atoms with Crippen molar-refractivity contribution in [1.29, 1.82) is 0 Å². The van der Waals surface area contributed by atoms with Crippen molar-refractivity contribution in [3.05, 3.63) is 11.1 Å². The molecule has 0 saturated carbocycles. The van der Waals surface area contributed by atoms with E-state index in [4.69, 9.17) is 5.11 Å². The summed E-state index contributed by atoms with van der Waals surface area (Å²) in [5, 5.41) is 14.7. The molecule has 1 aromatic rings. The molecule has 4 nitrogen and oxygen atoms in total. The number of hydrogen-bond donors (Lipinski definition) is 1. The van der Waals surface area contributed by atoms with E-state index in [0.29, 0.717) is 6.54 Å². The molecule has 1 rings (SSSR count). The van der Waals surface area contributed by atoms with E-state index >= 15 is 0 Å². The fourth-order valence-corrected chi connectivity index (χ4v) is 1.65. The summed E-state index contributed by atoms with van der Waals surface area (Å²) < 4.78 is 3.80. The van der Waals surface area contributed by atoms with Gasteiger partial charge in [0.2, 0.25) is 0 Å². The zero-order chi connectivity index (χ0) is 9.52. The monoisotopic (exact) mass is 201 g/mol. The number of hydrogen-bond acceptors (Lipinski definition) is 5. The molecule has 0 fully saturated rings. The predicted molar refractivity (Wildman–Crippen MR) is 52.6 cm³/mol. The molecule has 0 aliphatic carbocycles. The quantitative estimate of drug-likeness (QED) is 0.737. The van der Waals surface area contributed by atoms with Crippen LogP contribution in [0.15, 0.2) is 5.38 Å². The van der Waals surface area contributed by atoms with Crippen LogP contribution in [0.3, 0.4) is 0 Å². The van der Waals surface area contributed by atoms with Crippen molar-refractivity contribution in [1.82, 2.24) is 14.5 Å². The van der Waals surface area contributed by atoms with Crippen LogP contribution in [0.25, 0.3) is 0 Å². The van der Waals surface area contributed by atoms with E-state index in [1.54, 1.807) is 0 Å². The average Bonchev–Trinajstić information content (AvgIpc) is 2.58. The van der Waals surface area contributed by atoms with E-state index in [2.05, 4.69) is 21.4 Å². The second-order valence-electron chi connectivity index (χ2n) is 2.90. The SMILES string of the molecule is CCCN(CCO)Cc1csnn1. The molecule has 0 saturated heterocycles. The fourth-order valence-electron chi connectivity index (χ4n) is 1.21. The Morgan fingerprint density at radius 2 is 2.38 bits per heavy atom. The van der Waals surface area contributed by atoms with E-state index in [1.165, 1.54) is 11.5 Å². The Bertz CT molecular complexity index is 209. The molecule has 0 atom stereocenters. The Morgan fingerprint density at radius 3 is 2.92 bits per heavy atom. The van der Waals surface area contributed by atoms with Crippen molar-refractivity contribution in [2.24, 2.45) is 0 Å². The summed E-state index contributed by atoms with van der Waals surface area (Å²) in [4.78, 5) is 2.18. The van der Waals surface area contributed by atoms with Crippen LogP contribution in [0.1, 0.15) is 19.0 Å². The smallest absolute Gasteiger partial charge is 0.0895 e. The van der Waals surface area contributed by atoms with Crippen molar-refractivity contribution in [3.8, 4) is 0 Å². The van der Waals surface area contributed by atoms with Gasteiger partial charge in [-0.15, -0.1) is 5.10 Å². The van der Waals surface area contributed by atoms with Gasteiger partial charge in [0, 0.05) is 18.5 Å². The number of rotatable bonds is 6. The molecule has 0 aliphatic heterocycles. The van der Waals surface area contributed by atoms with Gasteiger partial charge in [-0.25, -0.2) is 0 Å². The highest BCUT2D eigenvalue weighted by Gasteiger charge is 2.05.